The molecule has 16 heavy (non-hydrogen) atoms. The van der Waals surface area contributed by atoms with Crippen molar-refractivity contribution in [3.63, 3.8) is 0 Å². The second kappa shape index (κ2) is 4.39. The zero-order chi connectivity index (χ0) is 11.5. The number of benzene rings is 1. The molecule has 3 heteroatoms. The standard InChI is InChI=1S/C13H17N3/c1-10-5-4-6-11(2)12(10)9-14-13-7-8-15-16(13)3/h4-8,14H,9H2,1-3H3. The summed E-state index contributed by atoms with van der Waals surface area (Å²) in [4.78, 5) is 0. The smallest absolute Gasteiger partial charge is 0.124 e. The Labute approximate surface area is 96.1 Å². The molecule has 0 amide bonds. The van der Waals surface area contributed by atoms with Crippen LogP contribution in [0.4, 0.5) is 5.82 Å². The van der Waals surface area contributed by atoms with Crippen molar-refractivity contribution in [2.24, 2.45) is 7.05 Å². The molecule has 84 valence electrons. The third kappa shape index (κ3) is 2.08. The molecule has 0 radical (unpaired) electrons. The van der Waals surface area contributed by atoms with Gasteiger partial charge in [0.2, 0.25) is 0 Å². The van der Waals surface area contributed by atoms with Crippen LogP contribution in [0.3, 0.4) is 0 Å². The minimum absolute atomic E-state index is 0.845. The van der Waals surface area contributed by atoms with Crippen LogP contribution in [0.1, 0.15) is 16.7 Å². The van der Waals surface area contributed by atoms with E-state index in [-0.39, 0.29) is 0 Å². The highest BCUT2D eigenvalue weighted by Gasteiger charge is 2.03. The topological polar surface area (TPSA) is 29.9 Å². The number of nitrogens with one attached hydrogen (secondary N) is 1. The highest BCUT2D eigenvalue weighted by molar-refractivity contribution is 5.39. The molecule has 0 fully saturated rings. The fraction of sp³-hybridized carbons (Fsp3) is 0.308. The number of aromatic nitrogens is 2. The van der Waals surface area contributed by atoms with Crippen LogP contribution in [-0.2, 0) is 13.6 Å². The molecule has 0 saturated heterocycles. The van der Waals surface area contributed by atoms with Crippen molar-refractivity contribution in [3.05, 3.63) is 47.2 Å². The Morgan fingerprint density at radius 3 is 2.44 bits per heavy atom. The van der Waals surface area contributed by atoms with E-state index in [1.165, 1.54) is 16.7 Å². The van der Waals surface area contributed by atoms with Gasteiger partial charge in [0.25, 0.3) is 0 Å². The average Bonchev–Trinajstić information content (AvgIpc) is 2.64. The van der Waals surface area contributed by atoms with Crippen molar-refractivity contribution in [1.82, 2.24) is 9.78 Å². The Bertz CT molecular complexity index is 465. The van der Waals surface area contributed by atoms with Crippen LogP contribution in [0.15, 0.2) is 30.5 Å². The third-order valence-corrected chi connectivity index (χ3v) is 2.91. The maximum atomic E-state index is 4.13. The van der Waals surface area contributed by atoms with Crippen molar-refractivity contribution in [1.29, 1.82) is 0 Å². The summed E-state index contributed by atoms with van der Waals surface area (Å²) in [6, 6.07) is 8.37. The minimum Gasteiger partial charge on any atom is -0.366 e. The van der Waals surface area contributed by atoms with Crippen LogP contribution in [0.25, 0.3) is 0 Å². The van der Waals surface area contributed by atoms with Gasteiger partial charge >= 0.3 is 0 Å². The molecule has 1 aromatic heterocycles. The molecule has 1 heterocycles. The Morgan fingerprint density at radius 2 is 1.88 bits per heavy atom. The van der Waals surface area contributed by atoms with Gasteiger partial charge in [0.05, 0.1) is 6.20 Å². The summed E-state index contributed by atoms with van der Waals surface area (Å²) in [6.07, 6.45) is 1.80. The number of nitrogens with zero attached hydrogens (tertiary/aromatic N) is 2. The van der Waals surface area contributed by atoms with Gasteiger partial charge in [-0.25, -0.2) is 0 Å². The van der Waals surface area contributed by atoms with Gasteiger partial charge in [-0.1, -0.05) is 18.2 Å². The van der Waals surface area contributed by atoms with E-state index in [2.05, 4.69) is 42.5 Å². The Morgan fingerprint density at radius 1 is 1.19 bits per heavy atom. The summed E-state index contributed by atoms with van der Waals surface area (Å²) in [5, 5.41) is 7.52. The van der Waals surface area contributed by atoms with Crippen LogP contribution < -0.4 is 5.32 Å². The molecule has 0 spiro atoms. The molecule has 0 atom stereocenters. The van der Waals surface area contributed by atoms with E-state index >= 15 is 0 Å². The van der Waals surface area contributed by atoms with Crippen molar-refractivity contribution in [2.75, 3.05) is 5.32 Å². The molecule has 0 aliphatic rings. The Balaban J connectivity index is 2.14. The predicted molar refractivity (Wildman–Crippen MR) is 66.5 cm³/mol. The maximum absolute atomic E-state index is 4.13. The SMILES string of the molecule is Cc1cccc(C)c1CNc1ccnn1C. The first-order chi connectivity index (χ1) is 7.68. The van der Waals surface area contributed by atoms with Gasteiger partial charge < -0.3 is 5.32 Å². The van der Waals surface area contributed by atoms with Gasteiger partial charge in [0.1, 0.15) is 5.82 Å². The second-order valence-electron chi connectivity index (χ2n) is 4.06. The summed E-state index contributed by atoms with van der Waals surface area (Å²) in [5.41, 5.74) is 4.02. The molecule has 0 aliphatic heterocycles. The highest BCUT2D eigenvalue weighted by Crippen LogP contribution is 2.15. The molecule has 2 rings (SSSR count). The third-order valence-electron chi connectivity index (χ3n) is 2.91. The average molecular weight is 215 g/mol. The lowest BCUT2D eigenvalue weighted by atomic mass is 10.0. The molecule has 0 saturated carbocycles. The molecule has 0 bridgehead atoms. The minimum atomic E-state index is 0.845. The van der Waals surface area contributed by atoms with Crippen molar-refractivity contribution >= 4 is 5.82 Å². The fourth-order valence-electron chi connectivity index (χ4n) is 1.85. The van der Waals surface area contributed by atoms with E-state index in [1.807, 2.05) is 17.8 Å². The lowest BCUT2D eigenvalue weighted by Gasteiger charge is -2.11. The maximum Gasteiger partial charge on any atom is 0.124 e. The van der Waals surface area contributed by atoms with Crippen molar-refractivity contribution in [2.45, 2.75) is 20.4 Å². The summed E-state index contributed by atoms with van der Waals surface area (Å²) < 4.78 is 1.84. The molecular formula is C13H17N3. The van der Waals surface area contributed by atoms with Gasteiger partial charge in [-0.2, -0.15) is 5.10 Å². The van der Waals surface area contributed by atoms with Crippen molar-refractivity contribution in [3.8, 4) is 0 Å². The molecule has 1 N–H and O–H groups in total. The molecule has 0 unspecified atom stereocenters. The molecule has 1 aromatic carbocycles. The first kappa shape index (κ1) is 10.7. The van der Waals surface area contributed by atoms with Gasteiger partial charge in [-0.3, -0.25) is 4.68 Å². The summed E-state index contributed by atoms with van der Waals surface area (Å²) in [6.45, 7) is 5.14. The second-order valence-corrected chi connectivity index (χ2v) is 4.06. The molecular weight excluding hydrogens is 198 g/mol. The summed E-state index contributed by atoms with van der Waals surface area (Å²) in [5.74, 6) is 1.04. The quantitative estimate of drug-likeness (QED) is 0.853. The Hall–Kier alpha value is -1.77. The number of hydrogen-bond donors (Lipinski definition) is 1. The first-order valence-electron chi connectivity index (χ1n) is 5.45. The lowest BCUT2D eigenvalue weighted by Crippen LogP contribution is -2.06. The number of hydrogen-bond acceptors (Lipinski definition) is 2. The molecule has 2 aromatic rings. The summed E-state index contributed by atoms with van der Waals surface area (Å²) >= 11 is 0. The normalized spacial score (nSPS) is 10.4. The number of anilines is 1. The Kier molecular flexibility index (Phi) is 2.95. The van der Waals surface area contributed by atoms with E-state index in [0.717, 1.165) is 12.4 Å². The van der Waals surface area contributed by atoms with Crippen molar-refractivity contribution < 1.29 is 0 Å². The molecule has 0 aliphatic carbocycles. The lowest BCUT2D eigenvalue weighted by molar-refractivity contribution is 0.768. The van der Waals surface area contributed by atoms with Gasteiger partial charge in [-0.15, -0.1) is 0 Å². The molecule has 3 nitrogen and oxygen atoms in total. The van der Waals surface area contributed by atoms with E-state index < -0.39 is 0 Å². The van der Waals surface area contributed by atoms with E-state index in [9.17, 15) is 0 Å². The van der Waals surface area contributed by atoms with Crippen LogP contribution in [0.2, 0.25) is 0 Å². The van der Waals surface area contributed by atoms with Crippen LogP contribution in [0, 0.1) is 13.8 Å². The van der Waals surface area contributed by atoms with Crippen LogP contribution in [0.5, 0.6) is 0 Å². The zero-order valence-corrected chi connectivity index (χ0v) is 9.99. The fourth-order valence-corrected chi connectivity index (χ4v) is 1.85. The van der Waals surface area contributed by atoms with Gasteiger partial charge in [-0.05, 0) is 30.5 Å². The predicted octanol–water partition coefficient (Wildman–Crippen LogP) is 2.65. The van der Waals surface area contributed by atoms with Gasteiger partial charge in [0.15, 0.2) is 0 Å². The van der Waals surface area contributed by atoms with E-state index in [4.69, 9.17) is 0 Å². The van der Waals surface area contributed by atoms with E-state index in [0.29, 0.717) is 0 Å². The monoisotopic (exact) mass is 215 g/mol. The van der Waals surface area contributed by atoms with Gasteiger partial charge in [0, 0.05) is 19.7 Å². The zero-order valence-electron chi connectivity index (χ0n) is 9.99. The number of aryl methyl sites for hydroxylation is 3. The van der Waals surface area contributed by atoms with Crippen LogP contribution >= 0.6 is 0 Å². The largest absolute Gasteiger partial charge is 0.366 e. The first-order valence-corrected chi connectivity index (χ1v) is 5.45. The van der Waals surface area contributed by atoms with Crippen LogP contribution in [-0.4, -0.2) is 9.78 Å². The highest BCUT2D eigenvalue weighted by atomic mass is 15.3. The number of rotatable bonds is 3. The summed E-state index contributed by atoms with van der Waals surface area (Å²) in [7, 11) is 1.94. The van der Waals surface area contributed by atoms with E-state index in [1.54, 1.807) is 6.20 Å².